The fourth-order valence-electron chi connectivity index (χ4n) is 4.35. The molecule has 2 aromatic heterocycles. The molecule has 0 fully saturated rings. The molecule has 35 heavy (non-hydrogen) atoms. The van der Waals surface area contributed by atoms with Crippen LogP contribution in [0.4, 0.5) is 19.0 Å². The van der Waals surface area contributed by atoms with Crippen LogP contribution in [-0.4, -0.2) is 40.6 Å². The molecule has 6 nitrogen and oxygen atoms in total. The van der Waals surface area contributed by atoms with Crippen molar-refractivity contribution in [3.05, 3.63) is 55.4 Å². The molecule has 0 aliphatic carbocycles. The molecule has 0 spiro atoms. The van der Waals surface area contributed by atoms with Crippen LogP contribution in [0.5, 0.6) is 0 Å². The van der Waals surface area contributed by atoms with Crippen LogP contribution in [0.2, 0.25) is 0 Å². The Labute approximate surface area is 217 Å². The molecular formula is C24H24Br2F3N5O. The lowest BCUT2D eigenvalue weighted by atomic mass is 10.0. The lowest BCUT2D eigenvalue weighted by Crippen LogP contribution is -2.31. The Kier molecular flexibility index (Phi) is 7.02. The lowest BCUT2D eigenvalue weighted by molar-refractivity contribution is -0.137. The van der Waals surface area contributed by atoms with Crippen LogP contribution in [-0.2, 0) is 11.0 Å². The van der Waals surface area contributed by atoms with E-state index in [1.807, 2.05) is 18.4 Å². The molecule has 3 heterocycles. The van der Waals surface area contributed by atoms with Crippen molar-refractivity contribution < 1.29 is 18.0 Å². The fourth-order valence-corrected chi connectivity index (χ4v) is 5.89. The Morgan fingerprint density at radius 1 is 1.14 bits per heavy atom. The van der Waals surface area contributed by atoms with E-state index in [0.717, 1.165) is 46.6 Å². The van der Waals surface area contributed by atoms with Crippen LogP contribution in [0.3, 0.4) is 0 Å². The number of hydrogen-bond donors (Lipinski definition) is 1. The SMILES string of the molecule is CNC(=O)CC1=CCN(c2nc(C)nc3c2c(C)c(C)n3-c2c(Br)cc(C(F)(F)F)cc2Br)CC1. The van der Waals surface area contributed by atoms with E-state index >= 15 is 0 Å². The monoisotopic (exact) mass is 613 g/mol. The maximum Gasteiger partial charge on any atom is 0.416 e. The van der Waals surface area contributed by atoms with Gasteiger partial charge in [-0.05, 0) is 76.7 Å². The van der Waals surface area contributed by atoms with Gasteiger partial charge in [-0.2, -0.15) is 13.2 Å². The first-order chi connectivity index (χ1) is 16.4. The smallest absolute Gasteiger partial charge is 0.359 e. The number of halogens is 5. The third-order valence-corrected chi connectivity index (χ3v) is 7.49. The number of fused-ring (bicyclic) bond motifs is 1. The van der Waals surface area contributed by atoms with Gasteiger partial charge in [0, 0.05) is 41.2 Å². The molecule has 11 heteroatoms. The van der Waals surface area contributed by atoms with Crippen LogP contribution in [0.1, 0.15) is 35.5 Å². The number of nitrogens with zero attached hydrogens (tertiary/aromatic N) is 4. The summed E-state index contributed by atoms with van der Waals surface area (Å²) in [5, 5.41) is 3.51. The molecule has 0 bridgehead atoms. The number of alkyl halides is 3. The average molecular weight is 615 g/mol. The molecule has 1 aliphatic heterocycles. The van der Waals surface area contributed by atoms with Crippen LogP contribution in [0, 0.1) is 20.8 Å². The zero-order valence-electron chi connectivity index (χ0n) is 19.6. The highest BCUT2D eigenvalue weighted by Gasteiger charge is 2.33. The van der Waals surface area contributed by atoms with Crippen molar-refractivity contribution in [1.82, 2.24) is 19.9 Å². The van der Waals surface area contributed by atoms with Gasteiger partial charge in [-0.1, -0.05) is 11.6 Å². The molecule has 3 aromatic rings. The maximum atomic E-state index is 13.3. The molecule has 0 saturated carbocycles. The number of carbonyl (C=O) groups excluding carboxylic acids is 1. The number of anilines is 1. The number of aryl methyl sites for hydroxylation is 2. The summed E-state index contributed by atoms with van der Waals surface area (Å²) in [6, 6.07) is 2.16. The van der Waals surface area contributed by atoms with Gasteiger partial charge in [0.05, 0.1) is 16.6 Å². The van der Waals surface area contributed by atoms with Gasteiger partial charge in [0.1, 0.15) is 11.6 Å². The van der Waals surface area contributed by atoms with Crippen LogP contribution < -0.4 is 10.2 Å². The molecule has 1 aliphatic rings. The summed E-state index contributed by atoms with van der Waals surface area (Å²) in [6.07, 6.45) is -1.28. The number of hydrogen-bond acceptors (Lipinski definition) is 4. The number of rotatable bonds is 4. The standard InChI is InChI=1S/C24H24Br2F3N5O/c1-12-13(2)34(21-17(25)10-16(11-18(21)26)24(27,28)29)23-20(12)22(31-14(3)32-23)33-7-5-15(6-8-33)9-19(35)30-4/h5,10-11H,6-9H2,1-4H3,(H,30,35). The summed E-state index contributed by atoms with van der Waals surface area (Å²) in [6.45, 7) is 7.00. The van der Waals surface area contributed by atoms with Crippen molar-refractivity contribution in [2.75, 3.05) is 25.0 Å². The third-order valence-electron chi connectivity index (χ3n) is 6.28. The van der Waals surface area contributed by atoms with Crippen molar-refractivity contribution in [2.24, 2.45) is 0 Å². The summed E-state index contributed by atoms with van der Waals surface area (Å²) in [5.74, 6) is 1.33. The zero-order chi connectivity index (χ0) is 25.7. The zero-order valence-corrected chi connectivity index (χ0v) is 22.8. The summed E-state index contributed by atoms with van der Waals surface area (Å²) < 4.78 is 42.5. The Bertz CT molecular complexity index is 1340. The summed E-state index contributed by atoms with van der Waals surface area (Å²) in [4.78, 5) is 23.3. The number of carbonyl (C=O) groups is 1. The first kappa shape index (κ1) is 25.7. The molecule has 0 atom stereocenters. The van der Waals surface area contributed by atoms with Crippen LogP contribution >= 0.6 is 31.9 Å². The highest BCUT2D eigenvalue weighted by Crippen LogP contribution is 2.41. The summed E-state index contributed by atoms with van der Waals surface area (Å²) >= 11 is 6.71. The van der Waals surface area contributed by atoms with Gasteiger partial charge in [0.25, 0.3) is 0 Å². The molecule has 1 aromatic carbocycles. The van der Waals surface area contributed by atoms with Crippen molar-refractivity contribution >= 4 is 54.6 Å². The molecule has 186 valence electrons. The first-order valence-corrected chi connectivity index (χ1v) is 12.6. The Hall–Kier alpha value is -2.40. The Morgan fingerprint density at radius 3 is 2.34 bits per heavy atom. The normalized spacial score (nSPS) is 14.4. The molecule has 1 amide bonds. The highest BCUT2D eigenvalue weighted by molar-refractivity contribution is 9.11. The molecule has 0 radical (unpaired) electrons. The quantitative estimate of drug-likeness (QED) is 0.358. The van der Waals surface area contributed by atoms with Gasteiger partial charge in [-0.3, -0.25) is 9.36 Å². The van der Waals surface area contributed by atoms with E-state index in [1.54, 1.807) is 14.0 Å². The van der Waals surface area contributed by atoms with E-state index in [0.29, 0.717) is 45.6 Å². The first-order valence-electron chi connectivity index (χ1n) is 11.0. The van der Waals surface area contributed by atoms with Gasteiger partial charge >= 0.3 is 6.18 Å². The second-order valence-corrected chi connectivity index (χ2v) is 10.2. The maximum absolute atomic E-state index is 13.3. The Balaban J connectivity index is 1.85. The van der Waals surface area contributed by atoms with Gasteiger partial charge in [0.15, 0.2) is 5.65 Å². The van der Waals surface area contributed by atoms with Crippen molar-refractivity contribution in [2.45, 2.75) is 39.8 Å². The summed E-state index contributed by atoms with van der Waals surface area (Å²) in [7, 11) is 1.63. The number of benzene rings is 1. The van der Waals surface area contributed by atoms with E-state index in [4.69, 9.17) is 9.97 Å². The van der Waals surface area contributed by atoms with Crippen molar-refractivity contribution in [1.29, 1.82) is 0 Å². The van der Waals surface area contributed by atoms with E-state index in [2.05, 4.69) is 48.2 Å². The highest BCUT2D eigenvalue weighted by atomic mass is 79.9. The predicted molar refractivity (Wildman–Crippen MR) is 137 cm³/mol. The predicted octanol–water partition coefficient (Wildman–Crippen LogP) is 6.16. The topological polar surface area (TPSA) is 63.1 Å². The second-order valence-electron chi connectivity index (χ2n) is 8.53. The van der Waals surface area contributed by atoms with Gasteiger partial charge < -0.3 is 10.2 Å². The number of aromatic nitrogens is 3. The molecule has 0 saturated heterocycles. The number of amides is 1. The summed E-state index contributed by atoms with van der Waals surface area (Å²) in [5.41, 5.74) is 3.33. The molecular weight excluding hydrogens is 591 g/mol. The van der Waals surface area contributed by atoms with E-state index < -0.39 is 11.7 Å². The van der Waals surface area contributed by atoms with Gasteiger partial charge in [0.2, 0.25) is 5.91 Å². The van der Waals surface area contributed by atoms with Gasteiger partial charge in [-0.25, -0.2) is 9.97 Å². The molecule has 4 rings (SSSR count). The van der Waals surface area contributed by atoms with Gasteiger partial charge in [-0.15, -0.1) is 0 Å². The third kappa shape index (κ3) is 4.84. The lowest BCUT2D eigenvalue weighted by Gasteiger charge is -2.28. The Morgan fingerprint density at radius 2 is 1.80 bits per heavy atom. The second kappa shape index (κ2) is 9.57. The van der Waals surface area contributed by atoms with E-state index in [9.17, 15) is 18.0 Å². The largest absolute Gasteiger partial charge is 0.416 e. The van der Waals surface area contributed by atoms with Crippen molar-refractivity contribution in [3.63, 3.8) is 0 Å². The molecule has 0 unspecified atom stereocenters. The minimum Gasteiger partial charge on any atom is -0.359 e. The van der Waals surface area contributed by atoms with Crippen LogP contribution in [0.15, 0.2) is 32.7 Å². The van der Waals surface area contributed by atoms with E-state index in [1.165, 1.54) is 0 Å². The average Bonchev–Trinajstić information content (AvgIpc) is 3.03. The fraction of sp³-hybridized carbons (Fsp3) is 0.375. The van der Waals surface area contributed by atoms with Crippen LogP contribution in [0.25, 0.3) is 16.7 Å². The van der Waals surface area contributed by atoms with Crippen molar-refractivity contribution in [3.8, 4) is 5.69 Å². The minimum absolute atomic E-state index is 0.0128. The number of nitrogens with one attached hydrogen (secondary N) is 1. The molecule has 1 N–H and O–H groups in total. The van der Waals surface area contributed by atoms with E-state index in [-0.39, 0.29) is 5.91 Å². The minimum atomic E-state index is -4.46.